The average molecular weight is 426 g/mol. The summed E-state index contributed by atoms with van der Waals surface area (Å²) in [6.07, 6.45) is -1.19. The topological polar surface area (TPSA) is 105 Å². The van der Waals surface area contributed by atoms with E-state index in [0.717, 1.165) is 22.9 Å². The lowest BCUT2D eigenvalue weighted by Crippen LogP contribution is -2.31. The van der Waals surface area contributed by atoms with Gasteiger partial charge >= 0.3 is 0 Å². The number of aromatic nitrogens is 1. The molecule has 0 spiro atoms. The highest BCUT2D eigenvalue weighted by Crippen LogP contribution is 2.27. The number of benzene rings is 2. The zero-order chi connectivity index (χ0) is 21.1. The van der Waals surface area contributed by atoms with Gasteiger partial charge in [0.1, 0.15) is 36.1 Å². The molecule has 1 aliphatic heterocycles. The molecule has 156 valence electrons. The van der Waals surface area contributed by atoms with Crippen LogP contribution in [0.2, 0.25) is 0 Å². The van der Waals surface area contributed by atoms with E-state index >= 15 is 0 Å². The molecule has 1 saturated heterocycles. The number of aliphatic hydroxyl groups is 2. The molecular weight excluding hydrogens is 404 g/mol. The highest BCUT2D eigenvalue weighted by atomic mass is 32.2. The lowest BCUT2D eigenvalue weighted by atomic mass is 10.1. The molecule has 0 aliphatic carbocycles. The number of ether oxygens (including phenoxy) is 1. The number of aryl methyl sites for hydroxylation is 1. The summed E-state index contributed by atoms with van der Waals surface area (Å²) in [4.78, 5) is 15.7. The molecular formula is C22H22N2O5S. The van der Waals surface area contributed by atoms with Crippen LogP contribution < -0.4 is 10.1 Å². The molecule has 3 unspecified atom stereocenters. The van der Waals surface area contributed by atoms with Crippen LogP contribution in [-0.2, 0) is 6.42 Å². The van der Waals surface area contributed by atoms with Gasteiger partial charge in [-0.05, 0) is 43.2 Å². The largest absolute Gasteiger partial charge is 0.490 e. The van der Waals surface area contributed by atoms with Crippen LogP contribution >= 0.6 is 11.8 Å². The van der Waals surface area contributed by atoms with Crippen molar-refractivity contribution in [2.24, 2.45) is 0 Å². The van der Waals surface area contributed by atoms with Crippen LogP contribution in [0.5, 0.6) is 5.75 Å². The maximum absolute atomic E-state index is 11.3. The summed E-state index contributed by atoms with van der Waals surface area (Å²) in [5.41, 5.74) is 2.28. The number of carbonyl (C=O) groups is 1. The summed E-state index contributed by atoms with van der Waals surface area (Å²) in [7, 11) is 0. The van der Waals surface area contributed by atoms with Gasteiger partial charge in [-0.3, -0.25) is 4.79 Å². The first-order valence-electron chi connectivity index (χ1n) is 9.57. The fraction of sp³-hybridized carbons (Fsp3) is 0.273. The Balaban J connectivity index is 1.34. The Bertz CT molecular complexity index is 1010. The van der Waals surface area contributed by atoms with Gasteiger partial charge in [-0.2, -0.15) is 0 Å². The Morgan fingerprint density at radius 1 is 1.20 bits per heavy atom. The van der Waals surface area contributed by atoms with Gasteiger partial charge in [0.15, 0.2) is 0 Å². The Labute approximate surface area is 178 Å². The second-order valence-corrected chi connectivity index (χ2v) is 8.25. The van der Waals surface area contributed by atoms with Gasteiger partial charge in [0.05, 0.1) is 5.25 Å². The molecule has 8 heteroatoms. The van der Waals surface area contributed by atoms with E-state index in [1.54, 1.807) is 19.1 Å². The van der Waals surface area contributed by atoms with Crippen molar-refractivity contribution < 1.29 is 24.2 Å². The van der Waals surface area contributed by atoms with Crippen LogP contribution in [0.4, 0.5) is 4.79 Å². The molecule has 1 fully saturated rings. The number of carbonyl (C=O) groups excluding carboxylic acids is 1. The number of oxazole rings is 1. The van der Waals surface area contributed by atoms with Crippen LogP contribution in [0.25, 0.3) is 11.5 Å². The van der Waals surface area contributed by atoms with Crippen molar-refractivity contribution in [2.45, 2.75) is 30.9 Å². The summed E-state index contributed by atoms with van der Waals surface area (Å²) in [6.45, 7) is 1.80. The molecule has 4 rings (SSSR count). The fourth-order valence-electron chi connectivity index (χ4n) is 3.23. The first kappa shape index (κ1) is 20.5. The van der Waals surface area contributed by atoms with E-state index in [1.165, 1.54) is 0 Å². The summed E-state index contributed by atoms with van der Waals surface area (Å²) in [5.74, 6) is 1.62. The van der Waals surface area contributed by atoms with E-state index in [4.69, 9.17) is 9.15 Å². The maximum atomic E-state index is 11.3. The number of aliphatic hydroxyl groups excluding tert-OH is 2. The second-order valence-electron chi connectivity index (χ2n) is 7.03. The lowest BCUT2D eigenvalue weighted by Gasteiger charge is -2.13. The minimum Gasteiger partial charge on any atom is -0.490 e. The molecule has 1 amide bonds. The minimum absolute atomic E-state index is 0.0383. The number of nitrogens with one attached hydrogen (secondary N) is 1. The van der Waals surface area contributed by atoms with Crippen LogP contribution in [0.3, 0.4) is 0 Å². The van der Waals surface area contributed by atoms with Crippen LogP contribution in [0.1, 0.15) is 23.1 Å². The summed E-state index contributed by atoms with van der Waals surface area (Å²) < 4.78 is 11.4. The number of hydrogen-bond acceptors (Lipinski definition) is 7. The SMILES string of the molecule is Cc1oc(-c2ccccc2)nc1C(O)COc1ccc(CC2SC(=O)NC2O)cc1. The predicted octanol–water partition coefficient (Wildman–Crippen LogP) is 3.45. The lowest BCUT2D eigenvalue weighted by molar-refractivity contribution is 0.104. The highest BCUT2D eigenvalue weighted by Gasteiger charge is 2.31. The van der Waals surface area contributed by atoms with E-state index in [-0.39, 0.29) is 17.1 Å². The van der Waals surface area contributed by atoms with Crippen molar-refractivity contribution in [1.82, 2.24) is 10.3 Å². The molecule has 3 N–H and O–H groups in total. The molecule has 3 aromatic rings. The van der Waals surface area contributed by atoms with Crippen molar-refractivity contribution in [2.75, 3.05) is 6.61 Å². The first-order chi connectivity index (χ1) is 14.5. The first-order valence-corrected chi connectivity index (χ1v) is 10.5. The summed E-state index contributed by atoms with van der Waals surface area (Å²) in [5, 5.41) is 22.4. The highest BCUT2D eigenvalue weighted by molar-refractivity contribution is 8.14. The third-order valence-electron chi connectivity index (χ3n) is 4.81. The van der Waals surface area contributed by atoms with Crippen LogP contribution in [-0.4, -0.2) is 38.5 Å². The summed E-state index contributed by atoms with van der Waals surface area (Å²) in [6, 6.07) is 16.9. The number of nitrogens with zero attached hydrogens (tertiary/aromatic N) is 1. The zero-order valence-electron chi connectivity index (χ0n) is 16.3. The average Bonchev–Trinajstić information content (AvgIpc) is 3.29. The minimum atomic E-state index is -0.923. The van der Waals surface area contributed by atoms with Gasteiger partial charge in [0, 0.05) is 5.56 Å². The number of amides is 1. The molecule has 2 heterocycles. The van der Waals surface area contributed by atoms with E-state index in [1.807, 2.05) is 42.5 Å². The quantitative estimate of drug-likeness (QED) is 0.531. The van der Waals surface area contributed by atoms with Gasteiger partial charge in [-0.25, -0.2) is 4.98 Å². The Morgan fingerprint density at radius 3 is 2.60 bits per heavy atom. The fourth-order valence-corrected chi connectivity index (χ4v) is 4.17. The van der Waals surface area contributed by atoms with Crippen molar-refractivity contribution in [3.05, 3.63) is 71.6 Å². The Kier molecular flexibility index (Phi) is 6.08. The van der Waals surface area contributed by atoms with Crippen molar-refractivity contribution in [1.29, 1.82) is 0 Å². The van der Waals surface area contributed by atoms with Crippen LogP contribution in [0, 0.1) is 6.92 Å². The Morgan fingerprint density at radius 2 is 1.93 bits per heavy atom. The van der Waals surface area contributed by atoms with Gasteiger partial charge < -0.3 is 24.7 Å². The molecule has 2 aromatic carbocycles. The monoisotopic (exact) mass is 426 g/mol. The third kappa shape index (κ3) is 4.67. The van der Waals surface area contributed by atoms with Crippen molar-refractivity contribution >= 4 is 17.0 Å². The predicted molar refractivity (Wildman–Crippen MR) is 113 cm³/mol. The molecule has 1 aliphatic rings. The third-order valence-corrected chi connectivity index (χ3v) is 5.87. The van der Waals surface area contributed by atoms with Crippen molar-refractivity contribution in [3.63, 3.8) is 0 Å². The molecule has 30 heavy (non-hydrogen) atoms. The van der Waals surface area contributed by atoms with Crippen molar-refractivity contribution in [3.8, 4) is 17.2 Å². The van der Waals surface area contributed by atoms with E-state index in [9.17, 15) is 15.0 Å². The van der Waals surface area contributed by atoms with E-state index in [0.29, 0.717) is 29.5 Å². The molecule has 0 radical (unpaired) electrons. The van der Waals surface area contributed by atoms with E-state index < -0.39 is 12.3 Å². The zero-order valence-corrected chi connectivity index (χ0v) is 17.1. The Hall–Kier alpha value is -2.81. The van der Waals surface area contributed by atoms with Gasteiger partial charge in [-0.1, -0.05) is 42.1 Å². The number of thioether (sulfide) groups is 1. The normalized spacial score (nSPS) is 19.5. The van der Waals surface area contributed by atoms with Gasteiger partial charge in [-0.15, -0.1) is 0 Å². The maximum Gasteiger partial charge on any atom is 0.281 e. The molecule has 7 nitrogen and oxygen atoms in total. The van der Waals surface area contributed by atoms with Crippen LogP contribution in [0.15, 0.2) is 59.0 Å². The molecule has 0 saturated carbocycles. The molecule has 1 aromatic heterocycles. The summed E-state index contributed by atoms with van der Waals surface area (Å²) >= 11 is 1.11. The molecule has 3 atom stereocenters. The standard InChI is InChI=1S/C22H22N2O5S/c1-13-19(23-21(29-13)15-5-3-2-4-6-15)17(25)12-28-16-9-7-14(8-10-16)11-18-20(26)24-22(27)30-18/h2-10,17-18,20,25-26H,11-12H2,1H3,(H,24,27). The van der Waals surface area contributed by atoms with Gasteiger partial charge in [0.2, 0.25) is 5.89 Å². The smallest absolute Gasteiger partial charge is 0.281 e. The van der Waals surface area contributed by atoms with E-state index in [2.05, 4.69) is 10.3 Å². The number of rotatable bonds is 7. The second kappa shape index (κ2) is 8.91. The molecule has 0 bridgehead atoms. The van der Waals surface area contributed by atoms with Gasteiger partial charge in [0.25, 0.3) is 5.24 Å². The number of hydrogen-bond donors (Lipinski definition) is 3.